The Morgan fingerprint density at radius 2 is 1.38 bits per heavy atom. The highest BCUT2D eigenvalue weighted by Gasteiger charge is 2.20. The molecule has 0 saturated carbocycles. The van der Waals surface area contributed by atoms with Crippen LogP contribution in [0, 0.1) is 6.92 Å². The van der Waals surface area contributed by atoms with E-state index in [9.17, 15) is 5.11 Å². The molecule has 1 aromatic carbocycles. The number of hydrogen-bond acceptors (Lipinski definition) is 2. The molecule has 0 bridgehead atoms. The Morgan fingerprint density at radius 1 is 0.846 bits per heavy atom. The summed E-state index contributed by atoms with van der Waals surface area (Å²) in [7, 11) is 0. The summed E-state index contributed by atoms with van der Waals surface area (Å²) in [5.74, 6) is 0.427. The second-order valence-electron chi connectivity index (χ2n) is 8.79. The zero-order chi connectivity index (χ0) is 19.4. The lowest BCUT2D eigenvalue weighted by molar-refractivity contribution is 0.116. The Labute approximate surface area is 162 Å². The van der Waals surface area contributed by atoms with Crippen LogP contribution < -0.4 is 0 Å². The highest BCUT2D eigenvalue weighted by atomic mass is 16.5. The van der Waals surface area contributed by atoms with Gasteiger partial charge in [-0.1, -0.05) is 91.5 Å². The van der Waals surface area contributed by atoms with E-state index in [1.54, 1.807) is 0 Å². The standard InChI is InChI=1S/C24H42O2/c1-6-7-8-9-10-11-12-13-14-15-16-26-19-21-17-20(2)23(25)22(18-21)24(3,4)5/h17-18,25H,6-16,19H2,1-5H3. The summed E-state index contributed by atoms with van der Waals surface area (Å²) in [6.45, 7) is 12.1. The third kappa shape index (κ3) is 9.07. The minimum absolute atomic E-state index is 0.0542. The maximum atomic E-state index is 10.3. The normalized spacial score (nSPS) is 11.9. The second-order valence-corrected chi connectivity index (χ2v) is 8.79. The molecule has 0 spiro atoms. The van der Waals surface area contributed by atoms with E-state index in [1.807, 2.05) is 13.0 Å². The first-order valence-corrected chi connectivity index (χ1v) is 10.8. The lowest BCUT2D eigenvalue weighted by atomic mass is 9.84. The van der Waals surface area contributed by atoms with Gasteiger partial charge in [0.25, 0.3) is 0 Å². The van der Waals surface area contributed by atoms with Gasteiger partial charge in [0.1, 0.15) is 5.75 Å². The fraction of sp³-hybridized carbons (Fsp3) is 0.750. The van der Waals surface area contributed by atoms with Crippen LogP contribution in [0.15, 0.2) is 12.1 Å². The maximum absolute atomic E-state index is 10.3. The van der Waals surface area contributed by atoms with Crippen molar-refractivity contribution in [2.24, 2.45) is 0 Å². The van der Waals surface area contributed by atoms with Crippen molar-refractivity contribution in [3.05, 3.63) is 28.8 Å². The van der Waals surface area contributed by atoms with E-state index in [0.29, 0.717) is 12.4 Å². The number of unbranched alkanes of at least 4 members (excludes halogenated alkanes) is 9. The van der Waals surface area contributed by atoms with E-state index < -0.39 is 0 Å². The van der Waals surface area contributed by atoms with E-state index in [2.05, 4.69) is 33.8 Å². The second kappa shape index (κ2) is 12.4. The number of ether oxygens (including phenoxy) is 1. The van der Waals surface area contributed by atoms with Crippen molar-refractivity contribution < 1.29 is 9.84 Å². The van der Waals surface area contributed by atoms with Crippen LogP contribution in [0.1, 0.15) is 109 Å². The van der Waals surface area contributed by atoms with Crippen LogP contribution in [0.5, 0.6) is 5.75 Å². The van der Waals surface area contributed by atoms with Gasteiger partial charge in [0.15, 0.2) is 0 Å². The number of rotatable bonds is 13. The fourth-order valence-electron chi connectivity index (χ4n) is 3.39. The molecule has 0 aliphatic heterocycles. The predicted octanol–water partition coefficient (Wildman–Crippen LogP) is 7.44. The summed E-state index contributed by atoms with van der Waals surface area (Å²) in [5.41, 5.74) is 3.06. The molecule has 0 atom stereocenters. The van der Waals surface area contributed by atoms with E-state index in [1.165, 1.54) is 57.8 Å². The molecular weight excluding hydrogens is 320 g/mol. The Morgan fingerprint density at radius 3 is 1.92 bits per heavy atom. The molecule has 0 aliphatic rings. The average molecular weight is 363 g/mol. The summed E-state index contributed by atoms with van der Waals surface area (Å²) in [6.07, 6.45) is 13.5. The molecule has 0 amide bonds. The van der Waals surface area contributed by atoms with E-state index in [-0.39, 0.29) is 5.41 Å². The molecule has 0 saturated heterocycles. The first-order valence-electron chi connectivity index (χ1n) is 10.8. The Balaban J connectivity index is 2.16. The van der Waals surface area contributed by atoms with Gasteiger partial charge in [0, 0.05) is 6.61 Å². The van der Waals surface area contributed by atoms with Gasteiger partial charge in [-0.2, -0.15) is 0 Å². The van der Waals surface area contributed by atoms with Gasteiger partial charge in [-0.25, -0.2) is 0 Å². The summed E-state index contributed by atoms with van der Waals surface area (Å²) in [6, 6.07) is 4.14. The van der Waals surface area contributed by atoms with E-state index >= 15 is 0 Å². The number of phenols is 1. The summed E-state index contributed by atoms with van der Waals surface area (Å²) < 4.78 is 5.87. The molecule has 150 valence electrons. The Bertz CT molecular complexity index is 500. The first-order chi connectivity index (χ1) is 12.4. The third-order valence-electron chi connectivity index (χ3n) is 5.08. The minimum atomic E-state index is -0.0542. The van der Waals surface area contributed by atoms with Crippen molar-refractivity contribution in [3.8, 4) is 5.75 Å². The smallest absolute Gasteiger partial charge is 0.122 e. The Kier molecular flexibility index (Phi) is 11.0. The molecule has 1 rings (SSSR count). The topological polar surface area (TPSA) is 29.5 Å². The molecule has 0 radical (unpaired) electrons. The van der Waals surface area contributed by atoms with Crippen LogP contribution in [0.25, 0.3) is 0 Å². The van der Waals surface area contributed by atoms with Crippen molar-refractivity contribution in [2.45, 2.75) is 111 Å². The van der Waals surface area contributed by atoms with Crippen LogP contribution in [-0.4, -0.2) is 11.7 Å². The van der Waals surface area contributed by atoms with Crippen LogP contribution in [0.3, 0.4) is 0 Å². The van der Waals surface area contributed by atoms with Gasteiger partial charge in [-0.15, -0.1) is 0 Å². The number of aromatic hydroxyl groups is 1. The zero-order valence-corrected chi connectivity index (χ0v) is 18.0. The van der Waals surface area contributed by atoms with Gasteiger partial charge in [-0.3, -0.25) is 0 Å². The number of phenolic OH excluding ortho intramolecular Hbond substituents is 1. The molecule has 1 N–H and O–H groups in total. The van der Waals surface area contributed by atoms with Gasteiger partial charge in [-0.05, 0) is 41.5 Å². The molecule has 1 aromatic rings. The molecule has 0 heterocycles. The molecular formula is C24H42O2. The van der Waals surface area contributed by atoms with Gasteiger partial charge in [0.2, 0.25) is 0 Å². The van der Waals surface area contributed by atoms with Crippen molar-refractivity contribution >= 4 is 0 Å². The van der Waals surface area contributed by atoms with E-state index in [0.717, 1.165) is 29.7 Å². The van der Waals surface area contributed by atoms with Crippen molar-refractivity contribution in [2.75, 3.05) is 6.61 Å². The summed E-state index contributed by atoms with van der Waals surface area (Å²) in [5, 5.41) is 10.3. The first kappa shape index (κ1) is 23.0. The molecule has 0 aromatic heterocycles. The zero-order valence-electron chi connectivity index (χ0n) is 18.0. The lowest BCUT2D eigenvalue weighted by Crippen LogP contribution is -2.12. The van der Waals surface area contributed by atoms with Gasteiger partial charge < -0.3 is 9.84 Å². The summed E-state index contributed by atoms with van der Waals surface area (Å²) in [4.78, 5) is 0. The van der Waals surface area contributed by atoms with Crippen LogP contribution in [0.2, 0.25) is 0 Å². The fourth-order valence-corrected chi connectivity index (χ4v) is 3.39. The monoisotopic (exact) mass is 362 g/mol. The van der Waals surface area contributed by atoms with Crippen LogP contribution in [-0.2, 0) is 16.8 Å². The van der Waals surface area contributed by atoms with E-state index in [4.69, 9.17) is 4.74 Å². The van der Waals surface area contributed by atoms with Gasteiger partial charge in [0.05, 0.1) is 6.61 Å². The van der Waals surface area contributed by atoms with Crippen LogP contribution in [0.4, 0.5) is 0 Å². The summed E-state index contributed by atoms with van der Waals surface area (Å²) >= 11 is 0. The number of hydrogen-bond donors (Lipinski definition) is 1. The van der Waals surface area contributed by atoms with Crippen LogP contribution >= 0.6 is 0 Å². The predicted molar refractivity (Wildman–Crippen MR) is 113 cm³/mol. The molecule has 0 unspecified atom stereocenters. The minimum Gasteiger partial charge on any atom is -0.507 e. The number of aryl methyl sites for hydroxylation is 1. The van der Waals surface area contributed by atoms with Gasteiger partial charge >= 0.3 is 0 Å². The highest BCUT2D eigenvalue weighted by molar-refractivity contribution is 5.46. The molecule has 2 heteroatoms. The highest BCUT2D eigenvalue weighted by Crippen LogP contribution is 2.34. The largest absolute Gasteiger partial charge is 0.507 e. The average Bonchev–Trinajstić information content (AvgIpc) is 2.57. The third-order valence-corrected chi connectivity index (χ3v) is 5.08. The van der Waals surface area contributed by atoms with Crippen molar-refractivity contribution in [1.82, 2.24) is 0 Å². The Hall–Kier alpha value is -1.02. The molecule has 0 aliphatic carbocycles. The van der Waals surface area contributed by atoms with Crippen molar-refractivity contribution in [1.29, 1.82) is 0 Å². The molecule has 2 nitrogen and oxygen atoms in total. The maximum Gasteiger partial charge on any atom is 0.122 e. The quantitative estimate of drug-likeness (QED) is 0.369. The molecule has 0 fully saturated rings. The van der Waals surface area contributed by atoms with Crippen molar-refractivity contribution in [3.63, 3.8) is 0 Å². The number of benzene rings is 1. The lowest BCUT2D eigenvalue weighted by Gasteiger charge is -2.22. The molecule has 26 heavy (non-hydrogen) atoms. The SMILES string of the molecule is CCCCCCCCCCCCOCc1cc(C)c(O)c(C(C)(C)C)c1.